The molecule has 3 nitrogen and oxygen atoms in total. The first-order valence-electron chi connectivity index (χ1n) is 4.20. The van der Waals surface area contributed by atoms with Gasteiger partial charge in [-0.25, -0.2) is 0 Å². The zero-order chi connectivity index (χ0) is 8.27. The number of likely N-dealkylation sites (N-methyl/N-ethyl adjacent to an activating group) is 1. The van der Waals surface area contributed by atoms with E-state index in [1.165, 1.54) is 0 Å². The van der Waals surface area contributed by atoms with E-state index < -0.39 is 0 Å². The van der Waals surface area contributed by atoms with Crippen LogP contribution < -0.4 is 5.32 Å². The van der Waals surface area contributed by atoms with Crippen LogP contribution in [-0.4, -0.2) is 42.9 Å². The molecule has 1 fully saturated rings. The number of nitrogens with one attached hydrogen (secondary N) is 1. The van der Waals surface area contributed by atoms with Gasteiger partial charge in [-0.3, -0.25) is 4.90 Å². The van der Waals surface area contributed by atoms with Gasteiger partial charge in [0.2, 0.25) is 0 Å². The number of nitrogens with zero attached hydrogens (tertiary/aromatic N) is 1. The summed E-state index contributed by atoms with van der Waals surface area (Å²) in [6.45, 7) is 6.99. The van der Waals surface area contributed by atoms with E-state index in [0.717, 1.165) is 25.9 Å². The number of piperazine rings is 1. The summed E-state index contributed by atoms with van der Waals surface area (Å²) in [5, 5.41) is 3.27. The summed E-state index contributed by atoms with van der Waals surface area (Å²) in [7, 11) is 0. The lowest BCUT2D eigenvalue weighted by atomic mass is 10.1. The molecule has 3 heteroatoms. The van der Waals surface area contributed by atoms with Crippen molar-refractivity contribution in [2.45, 2.75) is 25.9 Å². The van der Waals surface area contributed by atoms with Crippen LogP contribution in [0.5, 0.6) is 0 Å². The molecule has 0 aromatic carbocycles. The standard InChI is InChI=1S/C8H16N2O/c1-3-10-5-7(2)9-4-8(10)6-11/h6-9H,3-5H2,1-2H3/t7-,8?/m0/s1. The molecule has 0 radical (unpaired) electrons. The van der Waals surface area contributed by atoms with Crippen molar-refractivity contribution in [3.05, 3.63) is 0 Å². The van der Waals surface area contributed by atoms with Gasteiger partial charge >= 0.3 is 0 Å². The van der Waals surface area contributed by atoms with Crippen LogP contribution in [0.4, 0.5) is 0 Å². The van der Waals surface area contributed by atoms with Crippen LogP contribution in [0.15, 0.2) is 0 Å². The molecular weight excluding hydrogens is 140 g/mol. The Hall–Kier alpha value is -0.410. The predicted molar refractivity (Wildman–Crippen MR) is 44.6 cm³/mol. The lowest BCUT2D eigenvalue weighted by molar-refractivity contribution is -0.113. The summed E-state index contributed by atoms with van der Waals surface area (Å²) < 4.78 is 0. The van der Waals surface area contributed by atoms with Gasteiger partial charge < -0.3 is 10.1 Å². The summed E-state index contributed by atoms with van der Waals surface area (Å²) in [6.07, 6.45) is 1.03. The molecule has 0 amide bonds. The summed E-state index contributed by atoms with van der Waals surface area (Å²) in [5.74, 6) is 0. The fourth-order valence-electron chi connectivity index (χ4n) is 1.50. The van der Waals surface area contributed by atoms with Crippen molar-refractivity contribution in [3.63, 3.8) is 0 Å². The van der Waals surface area contributed by atoms with Crippen LogP contribution >= 0.6 is 0 Å². The minimum atomic E-state index is 0.0937. The van der Waals surface area contributed by atoms with E-state index in [1.54, 1.807) is 0 Å². The molecule has 1 heterocycles. The van der Waals surface area contributed by atoms with Crippen LogP contribution in [-0.2, 0) is 4.79 Å². The van der Waals surface area contributed by atoms with Crippen LogP contribution in [0, 0.1) is 0 Å². The minimum Gasteiger partial charge on any atom is -0.311 e. The molecule has 0 aromatic rings. The zero-order valence-corrected chi connectivity index (χ0v) is 7.21. The average Bonchev–Trinajstić information content (AvgIpc) is 2.04. The molecule has 2 atom stereocenters. The highest BCUT2D eigenvalue weighted by Crippen LogP contribution is 2.03. The van der Waals surface area contributed by atoms with Crippen molar-refractivity contribution < 1.29 is 4.79 Å². The molecule has 1 aliphatic rings. The quantitative estimate of drug-likeness (QED) is 0.565. The zero-order valence-electron chi connectivity index (χ0n) is 7.21. The van der Waals surface area contributed by atoms with Gasteiger partial charge in [0.25, 0.3) is 0 Å². The van der Waals surface area contributed by atoms with Gasteiger partial charge in [0.15, 0.2) is 0 Å². The fourth-order valence-corrected chi connectivity index (χ4v) is 1.50. The van der Waals surface area contributed by atoms with Gasteiger partial charge in [-0.05, 0) is 13.5 Å². The van der Waals surface area contributed by atoms with E-state index >= 15 is 0 Å². The highest BCUT2D eigenvalue weighted by atomic mass is 16.1. The number of rotatable bonds is 2. The van der Waals surface area contributed by atoms with Crippen LogP contribution in [0.25, 0.3) is 0 Å². The molecule has 1 unspecified atom stereocenters. The third kappa shape index (κ3) is 2.01. The molecular formula is C8H16N2O. The number of carbonyl (C=O) groups excluding carboxylic acids is 1. The maximum absolute atomic E-state index is 10.6. The molecule has 0 bridgehead atoms. The number of aldehydes is 1. The topological polar surface area (TPSA) is 32.3 Å². The van der Waals surface area contributed by atoms with Gasteiger partial charge in [-0.2, -0.15) is 0 Å². The first-order chi connectivity index (χ1) is 5.27. The van der Waals surface area contributed by atoms with Crippen LogP contribution in [0.2, 0.25) is 0 Å². The fraction of sp³-hybridized carbons (Fsp3) is 0.875. The van der Waals surface area contributed by atoms with E-state index in [4.69, 9.17) is 0 Å². The van der Waals surface area contributed by atoms with Crippen LogP contribution in [0.3, 0.4) is 0 Å². The van der Waals surface area contributed by atoms with Crippen molar-refractivity contribution in [2.24, 2.45) is 0 Å². The maximum atomic E-state index is 10.6. The third-order valence-corrected chi connectivity index (χ3v) is 2.22. The van der Waals surface area contributed by atoms with Crippen molar-refractivity contribution in [2.75, 3.05) is 19.6 Å². The normalized spacial score (nSPS) is 33.6. The summed E-state index contributed by atoms with van der Waals surface area (Å²) in [5.41, 5.74) is 0. The molecule has 0 aliphatic carbocycles. The Kier molecular flexibility index (Phi) is 3.02. The molecule has 64 valence electrons. The van der Waals surface area contributed by atoms with Gasteiger partial charge in [-0.15, -0.1) is 0 Å². The molecule has 0 spiro atoms. The van der Waals surface area contributed by atoms with Crippen molar-refractivity contribution in [1.82, 2.24) is 10.2 Å². The lowest BCUT2D eigenvalue weighted by Gasteiger charge is -2.35. The van der Waals surface area contributed by atoms with E-state index in [2.05, 4.69) is 24.1 Å². The molecule has 1 aliphatic heterocycles. The lowest BCUT2D eigenvalue weighted by Crippen LogP contribution is -2.55. The van der Waals surface area contributed by atoms with E-state index in [9.17, 15) is 4.79 Å². The number of hydrogen-bond donors (Lipinski definition) is 1. The second-order valence-corrected chi connectivity index (χ2v) is 3.10. The SMILES string of the molecule is CCN1C[C@H](C)NCC1C=O. The summed E-state index contributed by atoms with van der Waals surface area (Å²) in [4.78, 5) is 12.8. The summed E-state index contributed by atoms with van der Waals surface area (Å²) >= 11 is 0. The van der Waals surface area contributed by atoms with Crippen LogP contribution in [0.1, 0.15) is 13.8 Å². The smallest absolute Gasteiger partial charge is 0.138 e. The average molecular weight is 156 g/mol. The second-order valence-electron chi connectivity index (χ2n) is 3.10. The van der Waals surface area contributed by atoms with E-state index in [1.807, 2.05) is 0 Å². The predicted octanol–water partition coefficient (Wildman–Crippen LogP) is -0.132. The molecule has 1 saturated heterocycles. The highest BCUT2D eigenvalue weighted by Gasteiger charge is 2.23. The molecule has 0 saturated carbocycles. The third-order valence-electron chi connectivity index (χ3n) is 2.22. The Morgan fingerprint density at radius 3 is 3.00 bits per heavy atom. The Labute approximate surface area is 67.8 Å². The largest absolute Gasteiger partial charge is 0.311 e. The second kappa shape index (κ2) is 3.83. The van der Waals surface area contributed by atoms with E-state index in [-0.39, 0.29) is 6.04 Å². The Balaban J connectivity index is 2.47. The van der Waals surface area contributed by atoms with Gasteiger partial charge in [-0.1, -0.05) is 6.92 Å². The molecule has 1 rings (SSSR count). The number of hydrogen-bond acceptors (Lipinski definition) is 3. The minimum absolute atomic E-state index is 0.0937. The molecule has 11 heavy (non-hydrogen) atoms. The van der Waals surface area contributed by atoms with Crippen molar-refractivity contribution in [1.29, 1.82) is 0 Å². The van der Waals surface area contributed by atoms with Crippen molar-refractivity contribution in [3.8, 4) is 0 Å². The molecule has 1 N–H and O–H groups in total. The Morgan fingerprint density at radius 1 is 1.73 bits per heavy atom. The molecule has 0 aromatic heterocycles. The highest BCUT2D eigenvalue weighted by molar-refractivity contribution is 5.58. The first-order valence-corrected chi connectivity index (χ1v) is 4.20. The van der Waals surface area contributed by atoms with Crippen molar-refractivity contribution >= 4 is 6.29 Å². The first kappa shape index (κ1) is 8.68. The summed E-state index contributed by atoms with van der Waals surface area (Å²) in [6, 6.07) is 0.613. The Bertz CT molecular complexity index is 138. The number of carbonyl (C=O) groups is 1. The Morgan fingerprint density at radius 2 is 2.45 bits per heavy atom. The van der Waals surface area contributed by atoms with E-state index in [0.29, 0.717) is 6.04 Å². The van der Waals surface area contributed by atoms with Gasteiger partial charge in [0.1, 0.15) is 6.29 Å². The monoisotopic (exact) mass is 156 g/mol. The van der Waals surface area contributed by atoms with Gasteiger partial charge in [0, 0.05) is 19.1 Å². The maximum Gasteiger partial charge on any atom is 0.138 e. The van der Waals surface area contributed by atoms with Gasteiger partial charge in [0.05, 0.1) is 6.04 Å².